The molecule has 0 spiro atoms. The van der Waals surface area contributed by atoms with Crippen LogP contribution in [0.15, 0.2) is 0 Å². The summed E-state index contributed by atoms with van der Waals surface area (Å²) in [6.45, 7) is 2.62. The van der Waals surface area contributed by atoms with Crippen molar-refractivity contribution >= 4 is 5.91 Å². The molecule has 1 atom stereocenters. The minimum Gasteiger partial charge on any atom is -0.396 e. The lowest BCUT2D eigenvalue weighted by atomic mass is 10.2. The van der Waals surface area contributed by atoms with Crippen LogP contribution in [-0.4, -0.2) is 35.9 Å². The number of aliphatic hydroxyl groups is 2. The highest BCUT2D eigenvalue weighted by Gasteiger charge is 2.03. The summed E-state index contributed by atoms with van der Waals surface area (Å²) >= 11 is 0. The van der Waals surface area contributed by atoms with E-state index in [1.165, 1.54) is 0 Å². The van der Waals surface area contributed by atoms with Crippen molar-refractivity contribution in [1.82, 2.24) is 5.32 Å². The lowest BCUT2D eigenvalue weighted by Crippen LogP contribution is -2.29. The van der Waals surface area contributed by atoms with Gasteiger partial charge < -0.3 is 15.5 Å². The average Bonchev–Trinajstić information content (AvgIpc) is 2.14. The minimum atomic E-state index is -0.00579. The second kappa shape index (κ2) is 8.01. The van der Waals surface area contributed by atoms with Crippen LogP contribution in [0.1, 0.15) is 26.2 Å². The number of hydrogen-bond donors (Lipinski definition) is 3. The Balaban J connectivity index is 3.30. The van der Waals surface area contributed by atoms with Crippen LogP contribution in [0.25, 0.3) is 0 Å². The molecule has 4 heteroatoms. The second-order valence-corrected chi connectivity index (χ2v) is 3.27. The number of amides is 1. The molecule has 13 heavy (non-hydrogen) atoms. The molecule has 0 aliphatic carbocycles. The highest BCUT2D eigenvalue weighted by atomic mass is 16.3. The topological polar surface area (TPSA) is 69.6 Å². The van der Waals surface area contributed by atoms with Crippen molar-refractivity contribution in [1.29, 1.82) is 0 Å². The molecule has 0 aromatic rings. The van der Waals surface area contributed by atoms with E-state index in [0.717, 1.165) is 6.42 Å². The molecule has 1 amide bonds. The number of unbranched alkanes of at least 4 members (excludes halogenated alkanes) is 1. The predicted octanol–water partition coefficient (Wildman–Crippen LogP) is -0.106. The standard InChI is InChI=1S/C9H19NO3/c1-8(7-12)6-10-9(13)4-2-3-5-11/h8,11-12H,2-7H2,1H3,(H,10,13). The maximum absolute atomic E-state index is 11.1. The third kappa shape index (κ3) is 7.74. The van der Waals surface area contributed by atoms with Gasteiger partial charge in [-0.25, -0.2) is 0 Å². The van der Waals surface area contributed by atoms with Gasteiger partial charge in [0.25, 0.3) is 0 Å². The molecule has 0 aliphatic rings. The van der Waals surface area contributed by atoms with Gasteiger partial charge in [-0.05, 0) is 18.8 Å². The highest BCUT2D eigenvalue weighted by Crippen LogP contribution is 1.95. The Hall–Kier alpha value is -0.610. The van der Waals surface area contributed by atoms with E-state index < -0.39 is 0 Å². The Labute approximate surface area is 79.0 Å². The molecule has 0 aromatic carbocycles. The molecule has 0 saturated carbocycles. The van der Waals surface area contributed by atoms with Crippen LogP contribution >= 0.6 is 0 Å². The Morgan fingerprint density at radius 1 is 1.38 bits per heavy atom. The molecule has 1 unspecified atom stereocenters. The molecule has 0 radical (unpaired) electrons. The number of nitrogens with one attached hydrogen (secondary N) is 1. The van der Waals surface area contributed by atoms with Gasteiger partial charge in [-0.15, -0.1) is 0 Å². The fraction of sp³-hybridized carbons (Fsp3) is 0.889. The quantitative estimate of drug-likeness (QED) is 0.490. The summed E-state index contributed by atoms with van der Waals surface area (Å²) in [5, 5.41) is 19.9. The van der Waals surface area contributed by atoms with Crippen LogP contribution in [-0.2, 0) is 4.79 Å². The SMILES string of the molecule is CC(CO)CNC(=O)CCCCO. The van der Waals surface area contributed by atoms with Crippen molar-refractivity contribution in [3.63, 3.8) is 0 Å². The van der Waals surface area contributed by atoms with E-state index >= 15 is 0 Å². The van der Waals surface area contributed by atoms with E-state index in [0.29, 0.717) is 19.4 Å². The van der Waals surface area contributed by atoms with Crippen molar-refractivity contribution in [2.75, 3.05) is 19.8 Å². The van der Waals surface area contributed by atoms with E-state index in [2.05, 4.69) is 5.32 Å². The van der Waals surface area contributed by atoms with E-state index in [-0.39, 0.29) is 25.0 Å². The van der Waals surface area contributed by atoms with Gasteiger partial charge in [0.1, 0.15) is 0 Å². The summed E-state index contributed by atoms with van der Waals surface area (Å²) in [5.41, 5.74) is 0. The van der Waals surface area contributed by atoms with Gasteiger partial charge in [0.2, 0.25) is 5.91 Å². The summed E-state index contributed by atoms with van der Waals surface area (Å²) in [6.07, 6.45) is 1.84. The van der Waals surface area contributed by atoms with Crippen molar-refractivity contribution in [2.45, 2.75) is 26.2 Å². The molecule has 0 saturated heterocycles. The first-order valence-corrected chi connectivity index (χ1v) is 4.69. The van der Waals surface area contributed by atoms with E-state index in [4.69, 9.17) is 10.2 Å². The van der Waals surface area contributed by atoms with E-state index in [1.807, 2.05) is 6.92 Å². The summed E-state index contributed by atoms with van der Waals surface area (Å²) in [7, 11) is 0. The van der Waals surface area contributed by atoms with Gasteiger partial charge in [-0.2, -0.15) is 0 Å². The highest BCUT2D eigenvalue weighted by molar-refractivity contribution is 5.75. The monoisotopic (exact) mass is 189 g/mol. The van der Waals surface area contributed by atoms with Crippen LogP contribution in [0, 0.1) is 5.92 Å². The Morgan fingerprint density at radius 3 is 2.62 bits per heavy atom. The lowest BCUT2D eigenvalue weighted by Gasteiger charge is -2.08. The van der Waals surface area contributed by atoms with Crippen molar-refractivity contribution in [3.05, 3.63) is 0 Å². The zero-order valence-electron chi connectivity index (χ0n) is 8.12. The smallest absolute Gasteiger partial charge is 0.220 e. The fourth-order valence-electron chi connectivity index (χ4n) is 0.838. The number of hydrogen-bond acceptors (Lipinski definition) is 3. The predicted molar refractivity (Wildman–Crippen MR) is 50.2 cm³/mol. The first-order valence-electron chi connectivity index (χ1n) is 4.69. The Morgan fingerprint density at radius 2 is 2.08 bits per heavy atom. The van der Waals surface area contributed by atoms with Crippen LogP contribution in [0.4, 0.5) is 0 Å². The largest absolute Gasteiger partial charge is 0.396 e. The van der Waals surface area contributed by atoms with Gasteiger partial charge in [0.05, 0.1) is 0 Å². The average molecular weight is 189 g/mol. The molecule has 0 bridgehead atoms. The second-order valence-electron chi connectivity index (χ2n) is 3.27. The minimum absolute atomic E-state index is 0.00579. The zero-order valence-corrected chi connectivity index (χ0v) is 8.12. The number of aliphatic hydroxyl groups excluding tert-OH is 2. The maximum Gasteiger partial charge on any atom is 0.220 e. The molecule has 0 rings (SSSR count). The van der Waals surface area contributed by atoms with Gasteiger partial charge in [0.15, 0.2) is 0 Å². The van der Waals surface area contributed by atoms with Crippen LogP contribution in [0.5, 0.6) is 0 Å². The molecule has 0 heterocycles. The zero-order chi connectivity index (χ0) is 10.1. The van der Waals surface area contributed by atoms with Crippen LogP contribution in [0.3, 0.4) is 0 Å². The molecule has 0 aromatic heterocycles. The van der Waals surface area contributed by atoms with Crippen molar-refractivity contribution < 1.29 is 15.0 Å². The molecular weight excluding hydrogens is 170 g/mol. The maximum atomic E-state index is 11.1. The van der Waals surface area contributed by atoms with Gasteiger partial charge in [0, 0.05) is 26.2 Å². The fourth-order valence-corrected chi connectivity index (χ4v) is 0.838. The Kier molecular flexibility index (Phi) is 7.63. The molecule has 0 fully saturated rings. The molecule has 78 valence electrons. The number of carbonyl (C=O) groups is 1. The third-order valence-corrected chi connectivity index (χ3v) is 1.77. The number of rotatable bonds is 7. The van der Waals surface area contributed by atoms with E-state index in [1.54, 1.807) is 0 Å². The van der Waals surface area contributed by atoms with Gasteiger partial charge in [-0.3, -0.25) is 4.79 Å². The van der Waals surface area contributed by atoms with E-state index in [9.17, 15) is 4.79 Å². The summed E-state index contributed by atoms with van der Waals surface area (Å²) in [6, 6.07) is 0. The molecule has 0 aliphatic heterocycles. The van der Waals surface area contributed by atoms with Crippen LogP contribution in [0.2, 0.25) is 0 Å². The Bertz CT molecular complexity index is 139. The lowest BCUT2D eigenvalue weighted by molar-refractivity contribution is -0.121. The summed E-state index contributed by atoms with van der Waals surface area (Å²) in [5.74, 6) is 0.107. The third-order valence-electron chi connectivity index (χ3n) is 1.77. The molecule has 3 N–H and O–H groups in total. The molecule has 4 nitrogen and oxygen atoms in total. The first kappa shape index (κ1) is 12.4. The number of carbonyl (C=O) groups excluding carboxylic acids is 1. The normalized spacial score (nSPS) is 12.5. The summed E-state index contributed by atoms with van der Waals surface area (Å²) < 4.78 is 0. The molecular formula is C9H19NO3. The van der Waals surface area contributed by atoms with Crippen molar-refractivity contribution in [2.24, 2.45) is 5.92 Å². The first-order chi connectivity index (χ1) is 6.20. The van der Waals surface area contributed by atoms with Crippen molar-refractivity contribution in [3.8, 4) is 0 Å². The van der Waals surface area contributed by atoms with Gasteiger partial charge >= 0.3 is 0 Å². The van der Waals surface area contributed by atoms with Gasteiger partial charge in [-0.1, -0.05) is 6.92 Å². The summed E-state index contributed by atoms with van der Waals surface area (Å²) in [4.78, 5) is 11.1. The van der Waals surface area contributed by atoms with Crippen LogP contribution < -0.4 is 5.32 Å².